The van der Waals surface area contributed by atoms with E-state index in [1.807, 2.05) is 6.92 Å². The third-order valence-corrected chi connectivity index (χ3v) is 3.13. The van der Waals surface area contributed by atoms with E-state index in [1.165, 1.54) is 21.3 Å². The topological polar surface area (TPSA) is 82.6 Å². The Bertz CT molecular complexity index is 686. The van der Waals surface area contributed by atoms with E-state index in [-0.39, 0.29) is 5.91 Å². The van der Waals surface area contributed by atoms with Gasteiger partial charge in [-0.15, -0.1) is 0 Å². The number of amides is 1. The minimum atomic E-state index is -0.332. The van der Waals surface area contributed by atoms with E-state index in [4.69, 9.17) is 14.2 Å². The number of methoxy groups -OCH3 is 3. The Hall–Kier alpha value is -2.83. The number of hydrogen-bond acceptors (Lipinski definition) is 6. The molecule has 7 nitrogen and oxygen atoms in total. The molecule has 1 amide bonds. The molecule has 0 saturated carbocycles. The number of carbonyl (C=O) groups is 1. The highest BCUT2D eigenvalue weighted by atomic mass is 16.5. The molecule has 0 radical (unpaired) electrons. The zero-order valence-corrected chi connectivity index (χ0v) is 13.8. The molecule has 1 aromatic carbocycles. The maximum atomic E-state index is 12.4. The molecular weight excluding hydrogens is 298 g/mol. The van der Waals surface area contributed by atoms with Crippen molar-refractivity contribution in [1.82, 2.24) is 9.97 Å². The Labute approximate surface area is 134 Å². The van der Waals surface area contributed by atoms with Crippen LogP contribution < -0.4 is 19.5 Å². The zero-order chi connectivity index (χ0) is 17.0. The SMILES string of the molecule is COc1cc(C(=O)Nc2cc(C)nc(C)n2)cc(OC)c1OC. The molecule has 23 heavy (non-hydrogen) atoms. The van der Waals surface area contributed by atoms with Gasteiger partial charge in [0.15, 0.2) is 11.5 Å². The lowest BCUT2D eigenvalue weighted by atomic mass is 10.1. The van der Waals surface area contributed by atoms with Crippen molar-refractivity contribution in [3.8, 4) is 17.2 Å². The van der Waals surface area contributed by atoms with Gasteiger partial charge in [0.2, 0.25) is 5.75 Å². The van der Waals surface area contributed by atoms with Crippen molar-refractivity contribution in [3.05, 3.63) is 35.3 Å². The Balaban J connectivity index is 2.35. The number of aryl methyl sites for hydroxylation is 2. The van der Waals surface area contributed by atoms with Crippen molar-refractivity contribution in [2.45, 2.75) is 13.8 Å². The number of carbonyl (C=O) groups excluding carboxylic acids is 1. The van der Waals surface area contributed by atoms with Crippen molar-refractivity contribution < 1.29 is 19.0 Å². The monoisotopic (exact) mass is 317 g/mol. The first kappa shape index (κ1) is 16.5. The van der Waals surface area contributed by atoms with E-state index < -0.39 is 0 Å². The van der Waals surface area contributed by atoms with E-state index in [0.29, 0.717) is 34.5 Å². The van der Waals surface area contributed by atoms with Crippen LogP contribution in [0.5, 0.6) is 17.2 Å². The molecule has 0 fully saturated rings. The lowest BCUT2D eigenvalue weighted by Gasteiger charge is -2.14. The molecule has 2 aromatic rings. The smallest absolute Gasteiger partial charge is 0.257 e. The predicted octanol–water partition coefficient (Wildman–Crippen LogP) is 2.37. The number of benzene rings is 1. The highest BCUT2D eigenvalue weighted by Crippen LogP contribution is 2.38. The van der Waals surface area contributed by atoms with E-state index in [0.717, 1.165) is 5.69 Å². The second kappa shape index (κ2) is 6.95. The molecule has 0 spiro atoms. The Morgan fingerprint density at radius 2 is 1.57 bits per heavy atom. The van der Waals surface area contributed by atoms with Crippen LogP contribution in [0.25, 0.3) is 0 Å². The molecular formula is C16H19N3O4. The van der Waals surface area contributed by atoms with Crippen LogP contribution in [-0.2, 0) is 0 Å². The van der Waals surface area contributed by atoms with Crippen molar-refractivity contribution in [2.75, 3.05) is 26.6 Å². The van der Waals surface area contributed by atoms with Crippen LogP contribution >= 0.6 is 0 Å². The molecule has 0 aliphatic rings. The molecule has 0 atom stereocenters. The van der Waals surface area contributed by atoms with Gasteiger partial charge in [-0.05, 0) is 26.0 Å². The van der Waals surface area contributed by atoms with Crippen LogP contribution in [0.2, 0.25) is 0 Å². The summed E-state index contributed by atoms with van der Waals surface area (Å²) >= 11 is 0. The molecule has 1 N–H and O–H groups in total. The largest absolute Gasteiger partial charge is 0.493 e. The molecule has 122 valence electrons. The molecule has 1 aromatic heterocycles. The fraction of sp³-hybridized carbons (Fsp3) is 0.312. The van der Waals surface area contributed by atoms with Gasteiger partial charge in [-0.3, -0.25) is 4.79 Å². The predicted molar refractivity (Wildman–Crippen MR) is 85.6 cm³/mol. The van der Waals surface area contributed by atoms with Crippen molar-refractivity contribution >= 4 is 11.7 Å². The third kappa shape index (κ3) is 3.68. The highest BCUT2D eigenvalue weighted by Gasteiger charge is 2.17. The number of hydrogen-bond donors (Lipinski definition) is 1. The lowest BCUT2D eigenvalue weighted by Crippen LogP contribution is -2.14. The summed E-state index contributed by atoms with van der Waals surface area (Å²) in [6.07, 6.45) is 0. The van der Waals surface area contributed by atoms with Gasteiger partial charge >= 0.3 is 0 Å². The Morgan fingerprint density at radius 3 is 2.04 bits per heavy atom. The second-order valence-electron chi connectivity index (χ2n) is 4.81. The van der Waals surface area contributed by atoms with Crippen molar-refractivity contribution in [1.29, 1.82) is 0 Å². The first-order valence-corrected chi connectivity index (χ1v) is 6.92. The Morgan fingerprint density at radius 1 is 0.957 bits per heavy atom. The van der Waals surface area contributed by atoms with Gasteiger partial charge in [0.05, 0.1) is 21.3 Å². The average Bonchev–Trinajstić information content (AvgIpc) is 2.52. The standard InChI is InChI=1S/C16H19N3O4/c1-9-6-14(18-10(2)17-9)19-16(20)11-7-12(21-3)15(23-5)13(8-11)22-4/h6-8H,1-5H3,(H,17,18,19,20). The number of nitrogens with zero attached hydrogens (tertiary/aromatic N) is 2. The molecule has 0 unspecified atom stereocenters. The first-order valence-electron chi connectivity index (χ1n) is 6.92. The minimum Gasteiger partial charge on any atom is -0.493 e. The normalized spacial score (nSPS) is 10.1. The molecule has 1 heterocycles. The summed E-state index contributed by atoms with van der Waals surface area (Å²) in [5.74, 6) is 1.94. The summed E-state index contributed by atoms with van der Waals surface area (Å²) in [6.45, 7) is 3.60. The van der Waals surface area contributed by atoms with Gasteiger partial charge in [0, 0.05) is 17.3 Å². The van der Waals surface area contributed by atoms with Gasteiger partial charge < -0.3 is 19.5 Å². The minimum absolute atomic E-state index is 0.332. The van der Waals surface area contributed by atoms with E-state index >= 15 is 0 Å². The van der Waals surface area contributed by atoms with Gasteiger partial charge in [-0.1, -0.05) is 0 Å². The number of rotatable bonds is 5. The van der Waals surface area contributed by atoms with E-state index in [1.54, 1.807) is 25.1 Å². The summed E-state index contributed by atoms with van der Waals surface area (Å²) in [4.78, 5) is 20.8. The Kier molecular flexibility index (Phi) is 5.00. The van der Waals surface area contributed by atoms with Gasteiger partial charge in [-0.25, -0.2) is 9.97 Å². The van der Waals surface area contributed by atoms with Gasteiger partial charge in [0.1, 0.15) is 11.6 Å². The molecule has 0 saturated heterocycles. The highest BCUT2D eigenvalue weighted by molar-refractivity contribution is 6.04. The molecule has 0 aliphatic carbocycles. The fourth-order valence-corrected chi connectivity index (χ4v) is 2.18. The first-order chi connectivity index (χ1) is 11.0. The summed E-state index contributed by atoms with van der Waals surface area (Å²) < 4.78 is 15.7. The quantitative estimate of drug-likeness (QED) is 0.911. The van der Waals surface area contributed by atoms with E-state index in [9.17, 15) is 4.79 Å². The second-order valence-corrected chi connectivity index (χ2v) is 4.81. The van der Waals surface area contributed by atoms with Crippen LogP contribution in [0.1, 0.15) is 21.9 Å². The van der Waals surface area contributed by atoms with Crippen LogP contribution in [0, 0.1) is 13.8 Å². The number of anilines is 1. The average molecular weight is 317 g/mol. The number of ether oxygens (including phenoxy) is 3. The van der Waals surface area contributed by atoms with Crippen LogP contribution in [0.15, 0.2) is 18.2 Å². The van der Waals surface area contributed by atoms with Crippen LogP contribution in [0.4, 0.5) is 5.82 Å². The van der Waals surface area contributed by atoms with Crippen LogP contribution in [-0.4, -0.2) is 37.2 Å². The van der Waals surface area contributed by atoms with Gasteiger partial charge in [-0.2, -0.15) is 0 Å². The zero-order valence-electron chi connectivity index (χ0n) is 13.8. The third-order valence-electron chi connectivity index (χ3n) is 3.13. The van der Waals surface area contributed by atoms with Crippen molar-refractivity contribution in [2.24, 2.45) is 0 Å². The maximum Gasteiger partial charge on any atom is 0.257 e. The fourth-order valence-electron chi connectivity index (χ4n) is 2.18. The molecule has 0 aliphatic heterocycles. The van der Waals surface area contributed by atoms with E-state index in [2.05, 4.69) is 15.3 Å². The summed E-state index contributed by atoms with van der Waals surface area (Å²) in [5.41, 5.74) is 1.14. The summed E-state index contributed by atoms with van der Waals surface area (Å²) in [7, 11) is 4.50. The summed E-state index contributed by atoms with van der Waals surface area (Å²) in [6, 6.07) is 4.86. The number of aromatic nitrogens is 2. The molecule has 7 heteroatoms. The summed E-state index contributed by atoms with van der Waals surface area (Å²) in [5, 5.41) is 2.74. The maximum absolute atomic E-state index is 12.4. The molecule has 0 bridgehead atoms. The lowest BCUT2D eigenvalue weighted by molar-refractivity contribution is 0.102. The van der Waals surface area contributed by atoms with Crippen molar-refractivity contribution in [3.63, 3.8) is 0 Å². The number of nitrogens with one attached hydrogen (secondary N) is 1. The molecule has 2 rings (SSSR count). The van der Waals surface area contributed by atoms with Gasteiger partial charge in [0.25, 0.3) is 5.91 Å². The van der Waals surface area contributed by atoms with Crippen LogP contribution in [0.3, 0.4) is 0 Å².